The van der Waals surface area contributed by atoms with Gasteiger partial charge in [0.1, 0.15) is 0 Å². The maximum atomic E-state index is 12.5. The van der Waals surface area contributed by atoms with E-state index in [1.54, 1.807) is 4.90 Å². The Morgan fingerprint density at radius 3 is 2.62 bits per heavy atom. The van der Waals surface area contributed by atoms with Crippen molar-refractivity contribution in [2.75, 3.05) is 26.7 Å². The monoisotopic (exact) mass is 334 g/mol. The number of aromatic nitrogens is 2. The summed E-state index contributed by atoms with van der Waals surface area (Å²) in [6.45, 7) is 11.2. The van der Waals surface area contributed by atoms with Gasteiger partial charge >= 0.3 is 0 Å². The summed E-state index contributed by atoms with van der Waals surface area (Å²) in [6, 6.07) is 0. The van der Waals surface area contributed by atoms with Crippen molar-refractivity contribution in [3.63, 3.8) is 0 Å². The van der Waals surface area contributed by atoms with Crippen molar-refractivity contribution in [2.45, 2.75) is 53.5 Å². The third kappa shape index (κ3) is 4.36. The first kappa shape index (κ1) is 18.5. The van der Waals surface area contributed by atoms with Gasteiger partial charge in [0.25, 0.3) is 0 Å². The molecule has 0 saturated carbocycles. The number of hydrogen-bond acceptors (Lipinski definition) is 3. The molecule has 2 amide bonds. The van der Waals surface area contributed by atoms with Crippen LogP contribution in [0.3, 0.4) is 0 Å². The maximum Gasteiger partial charge on any atom is 0.226 e. The molecule has 0 radical (unpaired) electrons. The molecule has 6 heteroatoms. The molecule has 0 N–H and O–H groups in total. The topological polar surface area (TPSA) is 58.4 Å². The average Bonchev–Trinajstić information content (AvgIpc) is 3.02. The molecular weight excluding hydrogens is 304 g/mol. The van der Waals surface area contributed by atoms with Gasteiger partial charge in [-0.1, -0.05) is 13.8 Å². The van der Waals surface area contributed by atoms with E-state index in [-0.39, 0.29) is 11.8 Å². The molecule has 0 unspecified atom stereocenters. The minimum absolute atomic E-state index is 0.0805. The highest BCUT2D eigenvalue weighted by atomic mass is 16.2. The van der Waals surface area contributed by atoms with E-state index in [9.17, 15) is 9.59 Å². The molecule has 0 bridgehead atoms. The van der Waals surface area contributed by atoms with Gasteiger partial charge in [0.15, 0.2) is 0 Å². The standard InChI is InChI=1S/C18H30N4O2/c1-13(2)12-22-15(4)16(14(3)19-22)11-18(24)20(5)9-10-21-8-6-7-17(21)23/h13H,6-12H2,1-5H3. The van der Waals surface area contributed by atoms with Gasteiger partial charge < -0.3 is 9.80 Å². The number of nitrogens with zero attached hydrogens (tertiary/aromatic N) is 4. The van der Waals surface area contributed by atoms with Crippen molar-refractivity contribution in [1.29, 1.82) is 0 Å². The predicted octanol–water partition coefficient (Wildman–Crippen LogP) is 1.78. The van der Waals surface area contributed by atoms with E-state index < -0.39 is 0 Å². The molecule has 1 aliphatic heterocycles. The Labute approximate surface area is 144 Å². The Hall–Kier alpha value is -1.85. The van der Waals surface area contributed by atoms with Crippen LogP contribution >= 0.6 is 0 Å². The first-order valence-corrected chi connectivity index (χ1v) is 8.84. The molecule has 0 atom stereocenters. The number of likely N-dealkylation sites (N-methyl/N-ethyl adjacent to an activating group) is 1. The van der Waals surface area contributed by atoms with E-state index >= 15 is 0 Å². The number of amides is 2. The molecule has 2 rings (SSSR count). The smallest absolute Gasteiger partial charge is 0.226 e. The minimum atomic E-state index is 0.0805. The second-order valence-corrected chi connectivity index (χ2v) is 7.20. The molecule has 0 spiro atoms. The number of rotatable bonds is 7. The Kier molecular flexibility index (Phi) is 6.02. The second-order valence-electron chi connectivity index (χ2n) is 7.20. The zero-order chi connectivity index (χ0) is 17.9. The van der Waals surface area contributed by atoms with Crippen LogP contribution in [-0.2, 0) is 22.6 Å². The fourth-order valence-electron chi connectivity index (χ4n) is 3.14. The highest BCUT2D eigenvalue weighted by Gasteiger charge is 2.22. The van der Waals surface area contributed by atoms with Crippen molar-refractivity contribution < 1.29 is 9.59 Å². The van der Waals surface area contributed by atoms with Crippen LogP contribution in [0.1, 0.15) is 43.6 Å². The van der Waals surface area contributed by atoms with Crippen molar-refractivity contribution in [1.82, 2.24) is 19.6 Å². The lowest BCUT2D eigenvalue weighted by atomic mass is 10.1. The summed E-state index contributed by atoms with van der Waals surface area (Å²) in [5.41, 5.74) is 3.05. The Balaban J connectivity index is 1.93. The van der Waals surface area contributed by atoms with Crippen LogP contribution in [0.5, 0.6) is 0 Å². The van der Waals surface area contributed by atoms with Gasteiger partial charge in [0.2, 0.25) is 11.8 Å². The molecule has 1 aromatic heterocycles. The summed E-state index contributed by atoms with van der Waals surface area (Å²) in [6.07, 6.45) is 1.95. The van der Waals surface area contributed by atoms with Crippen molar-refractivity contribution in [2.24, 2.45) is 5.92 Å². The largest absolute Gasteiger partial charge is 0.344 e. The van der Waals surface area contributed by atoms with Crippen molar-refractivity contribution in [3.05, 3.63) is 17.0 Å². The molecule has 1 aromatic rings. The summed E-state index contributed by atoms with van der Waals surface area (Å²) < 4.78 is 2.01. The SMILES string of the molecule is Cc1nn(CC(C)C)c(C)c1CC(=O)N(C)CCN1CCCC1=O. The number of aryl methyl sites for hydroxylation is 1. The van der Waals surface area contributed by atoms with E-state index in [1.165, 1.54) is 0 Å². The molecule has 1 aliphatic rings. The second kappa shape index (κ2) is 7.81. The van der Waals surface area contributed by atoms with Gasteiger partial charge in [-0.25, -0.2) is 0 Å². The van der Waals surface area contributed by atoms with E-state index in [0.717, 1.165) is 36.5 Å². The third-order valence-electron chi connectivity index (χ3n) is 4.70. The van der Waals surface area contributed by atoms with Crippen LogP contribution in [0.2, 0.25) is 0 Å². The Morgan fingerprint density at radius 2 is 2.04 bits per heavy atom. The lowest BCUT2D eigenvalue weighted by Crippen LogP contribution is -2.37. The van der Waals surface area contributed by atoms with Gasteiger partial charge in [-0.3, -0.25) is 14.3 Å². The summed E-state index contributed by atoms with van der Waals surface area (Å²) >= 11 is 0. The normalized spacial score (nSPS) is 14.8. The Morgan fingerprint density at radius 1 is 1.33 bits per heavy atom. The van der Waals surface area contributed by atoms with Gasteiger partial charge in [-0.05, 0) is 26.2 Å². The molecular formula is C18H30N4O2. The predicted molar refractivity (Wildman–Crippen MR) is 93.7 cm³/mol. The van der Waals surface area contributed by atoms with Crippen molar-refractivity contribution in [3.8, 4) is 0 Å². The lowest BCUT2D eigenvalue weighted by molar-refractivity contribution is -0.132. The molecule has 134 valence electrons. The molecule has 1 fully saturated rings. The van der Waals surface area contributed by atoms with E-state index in [1.807, 2.05) is 30.5 Å². The molecule has 0 aliphatic carbocycles. The molecule has 2 heterocycles. The summed E-state index contributed by atoms with van der Waals surface area (Å²) in [5.74, 6) is 0.807. The highest BCUT2D eigenvalue weighted by molar-refractivity contribution is 5.80. The van der Waals surface area contributed by atoms with E-state index in [2.05, 4.69) is 18.9 Å². The summed E-state index contributed by atoms with van der Waals surface area (Å²) in [7, 11) is 1.81. The number of carbonyl (C=O) groups excluding carboxylic acids is 2. The third-order valence-corrected chi connectivity index (χ3v) is 4.70. The van der Waals surface area contributed by atoms with Crippen LogP contribution in [0.15, 0.2) is 0 Å². The lowest BCUT2D eigenvalue weighted by Gasteiger charge is -2.22. The van der Waals surface area contributed by atoms with Crippen LogP contribution in [0.25, 0.3) is 0 Å². The fourth-order valence-corrected chi connectivity index (χ4v) is 3.14. The summed E-state index contributed by atoms with van der Waals surface area (Å²) in [4.78, 5) is 27.7. The maximum absolute atomic E-state index is 12.5. The minimum Gasteiger partial charge on any atom is -0.344 e. The molecule has 6 nitrogen and oxygen atoms in total. The van der Waals surface area contributed by atoms with Crippen LogP contribution in [0, 0.1) is 19.8 Å². The quantitative estimate of drug-likeness (QED) is 0.764. The fraction of sp³-hybridized carbons (Fsp3) is 0.722. The van der Waals surface area contributed by atoms with Gasteiger partial charge in [-0.2, -0.15) is 5.10 Å². The van der Waals surface area contributed by atoms with E-state index in [0.29, 0.717) is 31.8 Å². The van der Waals surface area contributed by atoms with Crippen LogP contribution in [0.4, 0.5) is 0 Å². The zero-order valence-electron chi connectivity index (χ0n) is 15.6. The first-order valence-electron chi connectivity index (χ1n) is 8.84. The van der Waals surface area contributed by atoms with Crippen LogP contribution < -0.4 is 0 Å². The molecule has 1 saturated heterocycles. The van der Waals surface area contributed by atoms with Crippen LogP contribution in [-0.4, -0.2) is 58.1 Å². The first-order chi connectivity index (χ1) is 11.3. The molecule has 24 heavy (non-hydrogen) atoms. The van der Waals surface area contributed by atoms with E-state index in [4.69, 9.17) is 0 Å². The summed E-state index contributed by atoms with van der Waals surface area (Å²) in [5, 5.41) is 4.57. The molecule has 0 aromatic carbocycles. The average molecular weight is 334 g/mol. The van der Waals surface area contributed by atoms with Gasteiger partial charge in [0.05, 0.1) is 12.1 Å². The zero-order valence-corrected chi connectivity index (χ0v) is 15.6. The Bertz CT molecular complexity index is 606. The number of carbonyl (C=O) groups is 2. The number of hydrogen-bond donors (Lipinski definition) is 0. The van der Waals surface area contributed by atoms with Gasteiger partial charge in [-0.15, -0.1) is 0 Å². The number of likely N-dealkylation sites (tertiary alicyclic amines) is 1. The van der Waals surface area contributed by atoms with Crippen molar-refractivity contribution >= 4 is 11.8 Å². The highest BCUT2D eigenvalue weighted by Crippen LogP contribution is 2.16. The van der Waals surface area contributed by atoms with Gasteiger partial charge in [0, 0.05) is 50.9 Å².